The van der Waals surface area contributed by atoms with Crippen LogP contribution in [0.4, 0.5) is 5.69 Å². The molecule has 0 unspecified atom stereocenters. The first-order valence-corrected chi connectivity index (χ1v) is 8.97. The molecule has 1 N–H and O–H groups in total. The Kier molecular flexibility index (Phi) is 6.58. The second kappa shape index (κ2) is 8.66. The van der Waals surface area contributed by atoms with E-state index in [2.05, 4.69) is 53.4 Å². The van der Waals surface area contributed by atoms with E-state index in [1.807, 2.05) is 43.0 Å². The zero-order valence-electron chi connectivity index (χ0n) is 14.7. The van der Waals surface area contributed by atoms with Crippen LogP contribution in [0.3, 0.4) is 0 Å². The van der Waals surface area contributed by atoms with Gasteiger partial charge in [0.15, 0.2) is 0 Å². The van der Waals surface area contributed by atoms with E-state index in [9.17, 15) is 0 Å². The van der Waals surface area contributed by atoms with Crippen LogP contribution in [-0.2, 0) is 0 Å². The van der Waals surface area contributed by atoms with Crippen molar-refractivity contribution in [3.8, 4) is 0 Å². The van der Waals surface area contributed by atoms with Gasteiger partial charge in [-0.15, -0.1) is 17.9 Å². The van der Waals surface area contributed by atoms with Crippen LogP contribution < -0.4 is 5.32 Å². The predicted molar refractivity (Wildman–Crippen MR) is 106 cm³/mol. The molecule has 0 spiro atoms. The zero-order chi connectivity index (χ0) is 17.5. The number of nitrogens with zero attached hydrogens (tertiary/aromatic N) is 3. The molecular weight excluding hydrogens is 316 g/mol. The van der Waals surface area contributed by atoms with Gasteiger partial charge in [-0.2, -0.15) is 0 Å². The summed E-state index contributed by atoms with van der Waals surface area (Å²) in [5.74, 6) is 0. The summed E-state index contributed by atoms with van der Waals surface area (Å²) >= 11 is 1.65. The normalized spacial score (nSPS) is 11.5. The Balaban J connectivity index is 1.96. The van der Waals surface area contributed by atoms with E-state index in [0.717, 1.165) is 29.9 Å². The third kappa shape index (κ3) is 4.94. The molecule has 1 aromatic heterocycles. The van der Waals surface area contributed by atoms with Gasteiger partial charge >= 0.3 is 0 Å². The summed E-state index contributed by atoms with van der Waals surface area (Å²) in [5, 5.41) is 7.70. The molecule has 0 amide bonds. The van der Waals surface area contributed by atoms with Crippen molar-refractivity contribution in [3.05, 3.63) is 60.9 Å². The highest BCUT2D eigenvalue weighted by Crippen LogP contribution is 2.22. The first-order chi connectivity index (χ1) is 11.5. The topological polar surface area (TPSA) is 31.4 Å². The molecule has 0 fully saturated rings. The molecule has 1 aromatic carbocycles. The number of anilines is 1. The van der Waals surface area contributed by atoms with Crippen molar-refractivity contribution in [2.45, 2.75) is 26.3 Å². The summed E-state index contributed by atoms with van der Waals surface area (Å²) in [4.78, 5) is 4.34. The molecule has 0 aliphatic heterocycles. The van der Waals surface area contributed by atoms with E-state index in [1.54, 1.807) is 11.3 Å². The number of hydrogen-bond donors (Lipinski definition) is 1. The maximum absolute atomic E-state index is 4.34. The van der Waals surface area contributed by atoms with Gasteiger partial charge in [-0.25, -0.2) is 9.99 Å². The molecule has 2 aromatic rings. The highest BCUT2D eigenvalue weighted by Gasteiger charge is 2.11. The van der Waals surface area contributed by atoms with Crippen LogP contribution in [0, 0.1) is 0 Å². The lowest BCUT2D eigenvalue weighted by atomic mass is 10.3. The monoisotopic (exact) mass is 342 g/mol. The molecule has 4 nitrogen and oxygen atoms in total. The van der Waals surface area contributed by atoms with Crippen LogP contribution >= 0.6 is 11.3 Å². The van der Waals surface area contributed by atoms with Crippen LogP contribution in [0.25, 0.3) is 10.2 Å². The molecule has 0 saturated carbocycles. The first-order valence-electron chi connectivity index (χ1n) is 8.09. The zero-order valence-corrected chi connectivity index (χ0v) is 15.5. The predicted octanol–water partition coefficient (Wildman–Crippen LogP) is 4.87. The van der Waals surface area contributed by atoms with Crippen molar-refractivity contribution >= 4 is 27.2 Å². The largest absolute Gasteiger partial charge is 0.356 e. The van der Waals surface area contributed by atoms with Gasteiger partial charge in [0.1, 0.15) is 0 Å². The summed E-state index contributed by atoms with van der Waals surface area (Å²) < 4.78 is 1.19. The molecule has 0 bridgehead atoms. The highest BCUT2D eigenvalue weighted by molar-refractivity contribution is 7.16. The van der Waals surface area contributed by atoms with Crippen molar-refractivity contribution in [2.75, 3.05) is 18.9 Å². The van der Waals surface area contributed by atoms with E-state index in [1.165, 1.54) is 4.70 Å². The number of hydrazine groups is 1. The Morgan fingerprint density at radius 1 is 1.42 bits per heavy atom. The third-order valence-electron chi connectivity index (χ3n) is 3.69. The molecule has 0 aliphatic carbocycles. The minimum Gasteiger partial charge on any atom is -0.356 e. The van der Waals surface area contributed by atoms with Crippen molar-refractivity contribution in [3.63, 3.8) is 0 Å². The van der Waals surface area contributed by atoms with E-state index >= 15 is 0 Å². The fraction of sp³-hybridized carbons (Fsp3) is 0.316. The number of allylic oxidation sites excluding steroid dienone is 1. The van der Waals surface area contributed by atoms with Crippen molar-refractivity contribution in [1.82, 2.24) is 15.0 Å². The molecule has 0 atom stereocenters. The maximum Gasteiger partial charge on any atom is 0.0832 e. The molecular formula is C19H26N4S. The third-order valence-corrected chi connectivity index (χ3v) is 4.50. The van der Waals surface area contributed by atoms with Crippen molar-refractivity contribution in [1.29, 1.82) is 0 Å². The number of hydrogen-bond acceptors (Lipinski definition) is 5. The maximum atomic E-state index is 4.34. The van der Waals surface area contributed by atoms with Gasteiger partial charge in [-0.1, -0.05) is 12.7 Å². The van der Waals surface area contributed by atoms with Crippen LogP contribution in [0.1, 0.15) is 20.3 Å². The quantitative estimate of drug-likeness (QED) is 0.400. The van der Waals surface area contributed by atoms with E-state index in [0.29, 0.717) is 6.04 Å². The van der Waals surface area contributed by atoms with Crippen LogP contribution in [0.5, 0.6) is 0 Å². The number of benzene rings is 1. The molecule has 0 radical (unpaired) electrons. The summed E-state index contributed by atoms with van der Waals surface area (Å²) in [6.07, 6.45) is 6.92. The van der Waals surface area contributed by atoms with Gasteiger partial charge in [-0.05, 0) is 44.5 Å². The SMILES string of the molecule is C=CCCN(C(C)C)N(C)/C=C\C(=C)Nc1ccc2scnc2c1. The minimum absolute atomic E-state index is 0.424. The fourth-order valence-electron chi connectivity index (χ4n) is 2.45. The van der Waals surface area contributed by atoms with Gasteiger partial charge in [-0.3, -0.25) is 0 Å². The Morgan fingerprint density at radius 3 is 2.92 bits per heavy atom. The second-order valence-corrected chi connectivity index (χ2v) is 6.80. The average molecular weight is 343 g/mol. The minimum atomic E-state index is 0.424. The van der Waals surface area contributed by atoms with E-state index < -0.39 is 0 Å². The first kappa shape index (κ1) is 18.2. The standard InChI is InChI=1S/C19H26N4S/c1-6-7-11-23(15(2)3)22(5)12-10-16(4)21-17-8-9-19-18(13-17)20-14-24-19/h6,8-10,12-15,21H,1,4,7,11H2,2-3,5H3/b12-10-. The molecule has 0 aliphatic rings. The van der Waals surface area contributed by atoms with Gasteiger partial charge in [0, 0.05) is 37.2 Å². The van der Waals surface area contributed by atoms with Crippen LogP contribution in [0.15, 0.2) is 60.9 Å². The van der Waals surface area contributed by atoms with Crippen LogP contribution in [-0.4, -0.2) is 34.6 Å². The average Bonchev–Trinajstić information content (AvgIpc) is 3.00. The van der Waals surface area contributed by atoms with Gasteiger partial charge in [0.25, 0.3) is 0 Å². The molecule has 2 rings (SSSR count). The Hall–Kier alpha value is -2.11. The van der Waals surface area contributed by atoms with Gasteiger partial charge in [0.2, 0.25) is 0 Å². The van der Waals surface area contributed by atoms with E-state index in [-0.39, 0.29) is 0 Å². The number of rotatable bonds is 9. The number of fused-ring (bicyclic) bond motifs is 1. The van der Waals surface area contributed by atoms with E-state index in [4.69, 9.17) is 0 Å². The molecule has 1 heterocycles. The molecule has 24 heavy (non-hydrogen) atoms. The Labute approximate surface area is 148 Å². The van der Waals surface area contributed by atoms with Crippen LogP contribution in [0.2, 0.25) is 0 Å². The number of aromatic nitrogens is 1. The van der Waals surface area contributed by atoms with Crippen molar-refractivity contribution in [2.24, 2.45) is 0 Å². The fourth-order valence-corrected chi connectivity index (χ4v) is 3.11. The lowest BCUT2D eigenvalue weighted by molar-refractivity contribution is 0.0162. The molecule has 5 heteroatoms. The Morgan fingerprint density at radius 2 is 2.21 bits per heavy atom. The highest BCUT2D eigenvalue weighted by atomic mass is 32.1. The summed E-state index contributed by atoms with van der Waals surface area (Å²) in [6, 6.07) is 6.59. The molecule has 0 saturated heterocycles. The lowest BCUT2D eigenvalue weighted by Crippen LogP contribution is -2.41. The van der Waals surface area contributed by atoms with Gasteiger partial charge in [0.05, 0.1) is 15.7 Å². The van der Waals surface area contributed by atoms with Gasteiger partial charge < -0.3 is 10.3 Å². The number of thiazole rings is 1. The summed E-state index contributed by atoms with van der Waals surface area (Å²) in [6.45, 7) is 13.2. The summed E-state index contributed by atoms with van der Waals surface area (Å²) in [7, 11) is 2.05. The molecule has 128 valence electrons. The Bertz CT molecular complexity index is 717. The number of nitrogens with one attached hydrogen (secondary N) is 1. The lowest BCUT2D eigenvalue weighted by Gasteiger charge is -2.34. The summed E-state index contributed by atoms with van der Waals surface area (Å²) in [5.41, 5.74) is 4.71. The van der Waals surface area contributed by atoms with Crippen molar-refractivity contribution < 1.29 is 0 Å². The second-order valence-electron chi connectivity index (χ2n) is 5.91. The smallest absolute Gasteiger partial charge is 0.0832 e.